The number of ether oxygens (including phenoxy) is 1. The Balaban J connectivity index is 2.80. The van der Waals surface area contributed by atoms with Gasteiger partial charge in [0.1, 0.15) is 11.8 Å². The first-order valence-electron chi connectivity index (χ1n) is 4.04. The van der Waals surface area contributed by atoms with E-state index in [4.69, 9.17) is 28.0 Å². The number of nitrogens with zero attached hydrogens (tertiary/aromatic N) is 1. The highest BCUT2D eigenvalue weighted by molar-refractivity contribution is 6.30. The zero-order chi connectivity index (χ0) is 10.4. The van der Waals surface area contributed by atoms with Crippen LogP contribution in [0.1, 0.15) is 12.0 Å². The Kier molecular flexibility index (Phi) is 3.85. The molecule has 0 atom stereocenters. The lowest BCUT2D eigenvalue weighted by Crippen LogP contribution is -1.97. The van der Waals surface area contributed by atoms with Crippen molar-refractivity contribution in [1.29, 1.82) is 5.26 Å². The average Bonchev–Trinajstić information content (AvgIpc) is 2.19. The molecule has 0 radical (unpaired) electrons. The summed E-state index contributed by atoms with van der Waals surface area (Å²) in [4.78, 5) is 0. The molecule has 14 heavy (non-hydrogen) atoms. The van der Waals surface area contributed by atoms with Gasteiger partial charge in [-0.05, 0) is 12.1 Å². The van der Waals surface area contributed by atoms with Crippen LogP contribution in [0.2, 0.25) is 5.02 Å². The Bertz CT molecular complexity index is 401. The third kappa shape index (κ3) is 2.69. The second-order valence-electron chi connectivity index (χ2n) is 2.55. The Morgan fingerprint density at radius 2 is 2.29 bits per heavy atom. The third-order valence-corrected chi connectivity index (χ3v) is 1.80. The van der Waals surface area contributed by atoms with E-state index >= 15 is 0 Å². The fourth-order valence-electron chi connectivity index (χ4n) is 0.928. The molecule has 0 N–H and O–H groups in total. The first-order chi connectivity index (χ1) is 6.77. The van der Waals surface area contributed by atoms with Crippen LogP contribution in [0.4, 0.5) is 0 Å². The molecule has 1 aromatic carbocycles. The van der Waals surface area contributed by atoms with E-state index in [-0.39, 0.29) is 0 Å². The number of nitriles is 1. The molecular formula is C11H8ClNO. The first-order valence-corrected chi connectivity index (χ1v) is 4.41. The van der Waals surface area contributed by atoms with Gasteiger partial charge in [-0.15, -0.1) is 12.3 Å². The lowest BCUT2D eigenvalue weighted by molar-refractivity contribution is 0.326. The predicted molar refractivity (Wildman–Crippen MR) is 55.1 cm³/mol. The van der Waals surface area contributed by atoms with Crippen LogP contribution in [0.5, 0.6) is 5.75 Å². The van der Waals surface area contributed by atoms with Crippen molar-refractivity contribution in [2.24, 2.45) is 0 Å². The molecule has 2 nitrogen and oxygen atoms in total. The van der Waals surface area contributed by atoms with Gasteiger partial charge in [0.25, 0.3) is 0 Å². The van der Waals surface area contributed by atoms with Crippen molar-refractivity contribution in [1.82, 2.24) is 0 Å². The van der Waals surface area contributed by atoms with Gasteiger partial charge in [0, 0.05) is 17.5 Å². The normalized spacial score (nSPS) is 8.79. The van der Waals surface area contributed by atoms with E-state index in [2.05, 4.69) is 5.92 Å². The summed E-state index contributed by atoms with van der Waals surface area (Å²) in [5, 5.41) is 9.29. The summed E-state index contributed by atoms with van der Waals surface area (Å²) < 4.78 is 5.30. The Morgan fingerprint density at radius 3 is 2.93 bits per heavy atom. The van der Waals surface area contributed by atoms with E-state index < -0.39 is 0 Å². The van der Waals surface area contributed by atoms with Crippen molar-refractivity contribution in [2.45, 2.75) is 6.42 Å². The predicted octanol–water partition coefficient (Wildman–Crippen LogP) is 2.61. The van der Waals surface area contributed by atoms with Gasteiger partial charge in [-0.3, -0.25) is 0 Å². The Labute approximate surface area is 88.1 Å². The largest absolute Gasteiger partial charge is 0.491 e. The molecule has 1 rings (SSSR count). The molecule has 0 spiro atoms. The minimum absolute atomic E-state index is 0.394. The summed E-state index contributed by atoms with van der Waals surface area (Å²) in [6.07, 6.45) is 5.58. The molecule has 0 saturated carbocycles. The van der Waals surface area contributed by atoms with Gasteiger partial charge in [-0.25, -0.2) is 0 Å². The maximum Gasteiger partial charge on any atom is 0.138 e. The quantitative estimate of drug-likeness (QED) is 0.561. The Morgan fingerprint density at radius 1 is 1.50 bits per heavy atom. The minimum atomic E-state index is 0.394. The van der Waals surface area contributed by atoms with E-state index in [0.29, 0.717) is 29.4 Å². The fraction of sp³-hybridized carbons (Fsp3) is 0.182. The highest BCUT2D eigenvalue weighted by Crippen LogP contribution is 2.22. The number of halogens is 1. The van der Waals surface area contributed by atoms with Crippen molar-refractivity contribution in [2.75, 3.05) is 6.61 Å². The van der Waals surface area contributed by atoms with E-state index in [1.165, 1.54) is 0 Å². The molecule has 70 valence electrons. The van der Waals surface area contributed by atoms with Gasteiger partial charge in [-0.1, -0.05) is 11.6 Å². The minimum Gasteiger partial charge on any atom is -0.491 e. The van der Waals surface area contributed by atoms with Crippen LogP contribution < -0.4 is 4.74 Å². The molecule has 0 aliphatic heterocycles. The Hall–Kier alpha value is -1.64. The maximum atomic E-state index is 8.75. The molecule has 0 aliphatic rings. The molecule has 0 amide bonds. The number of hydrogen-bond acceptors (Lipinski definition) is 2. The van der Waals surface area contributed by atoms with Gasteiger partial charge < -0.3 is 4.74 Å². The van der Waals surface area contributed by atoms with Crippen LogP contribution in [0.15, 0.2) is 18.2 Å². The van der Waals surface area contributed by atoms with Crippen molar-refractivity contribution in [3.63, 3.8) is 0 Å². The highest BCUT2D eigenvalue weighted by Gasteiger charge is 2.03. The summed E-state index contributed by atoms with van der Waals surface area (Å²) in [6.45, 7) is 0.394. The summed E-state index contributed by atoms with van der Waals surface area (Å²) >= 11 is 5.76. The van der Waals surface area contributed by atoms with Gasteiger partial charge >= 0.3 is 0 Å². The number of terminal acetylenes is 1. The van der Waals surface area contributed by atoms with E-state index in [1.807, 2.05) is 6.07 Å². The van der Waals surface area contributed by atoms with Crippen molar-refractivity contribution in [3.8, 4) is 24.2 Å². The smallest absolute Gasteiger partial charge is 0.138 e. The van der Waals surface area contributed by atoms with Crippen LogP contribution in [0.3, 0.4) is 0 Å². The molecule has 0 unspecified atom stereocenters. The van der Waals surface area contributed by atoms with Crippen LogP contribution in [0.25, 0.3) is 0 Å². The van der Waals surface area contributed by atoms with Gasteiger partial charge in [0.15, 0.2) is 0 Å². The van der Waals surface area contributed by atoms with Crippen LogP contribution >= 0.6 is 11.6 Å². The van der Waals surface area contributed by atoms with E-state index in [1.54, 1.807) is 18.2 Å². The van der Waals surface area contributed by atoms with E-state index in [0.717, 1.165) is 0 Å². The molecule has 0 aliphatic carbocycles. The molecular weight excluding hydrogens is 198 g/mol. The van der Waals surface area contributed by atoms with Crippen LogP contribution in [-0.2, 0) is 0 Å². The van der Waals surface area contributed by atoms with Crippen molar-refractivity contribution >= 4 is 11.6 Å². The fourth-order valence-corrected chi connectivity index (χ4v) is 1.09. The number of rotatable bonds is 3. The maximum absolute atomic E-state index is 8.75. The monoisotopic (exact) mass is 205 g/mol. The standard InChI is InChI=1S/C11H8ClNO/c1-2-3-6-14-11-7-10(12)5-4-9(11)8-13/h1,4-5,7H,3,6H2. The molecule has 0 saturated heterocycles. The van der Waals surface area contributed by atoms with Gasteiger partial charge in [0.05, 0.1) is 12.2 Å². The van der Waals surface area contributed by atoms with E-state index in [9.17, 15) is 0 Å². The third-order valence-electron chi connectivity index (χ3n) is 1.57. The lowest BCUT2D eigenvalue weighted by Gasteiger charge is -2.05. The SMILES string of the molecule is C#CCCOc1cc(Cl)ccc1C#N. The molecule has 0 fully saturated rings. The molecule has 0 heterocycles. The second kappa shape index (κ2) is 5.17. The van der Waals surface area contributed by atoms with Crippen molar-refractivity contribution in [3.05, 3.63) is 28.8 Å². The average molecular weight is 206 g/mol. The molecule has 3 heteroatoms. The molecule has 0 bridgehead atoms. The zero-order valence-corrected chi connectivity index (χ0v) is 8.21. The topological polar surface area (TPSA) is 33.0 Å². The molecule has 0 aromatic heterocycles. The van der Waals surface area contributed by atoms with Crippen LogP contribution in [0, 0.1) is 23.7 Å². The summed E-state index contributed by atoms with van der Waals surface area (Å²) in [6, 6.07) is 6.89. The number of benzene rings is 1. The summed E-state index contributed by atoms with van der Waals surface area (Å²) in [5.41, 5.74) is 0.464. The zero-order valence-electron chi connectivity index (χ0n) is 7.46. The molecule has 1 aromatic rings. The lowest BCUT2D eigenvalue weighted by atomic mass is 10.2. The van der Waals surface area contributed by atoms with Crippen molar-refractivity contribution < 1.29 is 4.74 Å². The first kappa shape index (κ1) is 10.4. The summed E-state index contributed by atoms with van der Waals surface area (Å²) in [7, 11) is 0. The second-order valence-corrected chi connectivity index (χ2v) is 2.99. The summed E-state index contributed by atoms with van der Waals surface area (Å²) in [5.74, 6) is 2.93. The number of hydrogen-bond donors (Lipinski definition) is 0. The van der Waals surface area contributed by atoms with Gasteiger partial charge in [0.2, 0.25) is 0 Å². The van der Waals surface area contributed by atoms with Gasteiger partial charge in [-0.2, -0.15) is 5.26 Å². The highest BCUT2D eigenvalue weighted by atomic mass is 35.5. The van der Waals surface area contributed by atoms with Crippen LogP contribution in [-0.4, -0.2) is 6.61 Å².